The Kier molecular flexibility index (Phi) is 4.03. The SMILES string of the molecule is CNc1nc(NCC2(O)CCCC2)cc(C(F)(F)F)n1. The van der Waals surface area contributed by atoms with Gasteiger partial charge in [-0.05, 0) is 12.8 Å². The summed E-state index contributed by atoms with van der Waals surface area (Å²) in [6.07, 6.45) is -1.38. The highest BCUT2D eigenvalue weighted by Gasteiger charge is 2.34. The van der Waals surface area contributed by atoms with Crippen molar-refractivity contribution in [3.63, 3.8) is 0 Å². The second-order valence-electron chi connectivity index (χ2n) is 4.99. The summed E-state index contributed by atoms with van der Waals surface area (Å²) in [7, 11) is 1.45. The zero-order valence-electron chi connectivity index (χ0n) is 11.1. The molecular formula is C12H17F3N4O. The highest BCUT2D eigenvalue weighted by atomic mass is 19.4. The third kappa shape index (κ3) is 3.50. The number of aromatic nitrogens is 2. The van der Waals surface area contributed by atoms with Gasteiger partial charge >= 0.3 is 6.18 Å². The Morgan fingerprint density at radius 1 is 1.30 bits per heavy atom. The molecule has 1 aromatic heterocycles. The van der Waals surface area contributed by atoms with Crippen molar-refractivity contribution in [2.24, 2.45) is 0 Å². The third-order valence-corrected chi connectivity index (χ3v) is 3.37. The van der Waals surface area contributed by atoms with Gasteiger partial charge in [-0.2, -0.15) is 18.2 Å². The summed E-state index contributed by atoms with van der Waals surface area (Å²) in [5.74, 6) is -0.0577. The van der Waals surface area contributed by atoms with Gasteiger partial charge in [0, 0.05) is 19.7 Å². The van der Waals surface area contributed by atoms with E-state index in [0.717, 1.165) is 18.9 Å². The zero-order chi connectivity index (χ0) is 14.8. The molecule has 1 aliphatic rings. The summed E-state index contributed by atoms with van der Waals surface area (Å²) in [6, 6.07) is 0.846. The van der Waals surface area contributed by atoms with Crippen molar-refractivity contribution >= 4 is 11.8 Å². The Labute approximate surface area is 114 Å². The maximum Gasteiger partial charge on any atom is 0.433 e. The second kappa shape index (κ2) is 5.43. The summed E-state index contributed by atoms with van der Waals surface area (Å²) < 4.78 is 38.1. The van der Waals surface area contributed by atoms with Crippen molar-refractivity contribution in [1.82, 2.24) is 9.97 Å². The standard InChI is InChI=1S/C12H17F3N4O/c1-16-10-18-8(12(13,14)15)6-9(19-10)17-7-11(20)4-2-3-5-11/h6,20H,2-5,7H2,1H3,(H2,16,17,18,19). The minimum atomic E-state index is -4.53. The monoisotopic (exact) mass is 290 g/mol. The summed E-state index contributed by atoms with van der Waals surface area (Å²) in [4.78, 5) is 7.28. The van der Waals surface area contributed by atoms with Gasteiger partial charge in [-0.1, -0.05) is 12.8 Å². The van der Waals surface area contributed by atoms with E-state index in [1.165, 1.54) is 7.05 Å². The van der Waals surface area contributed by atoms with Crippen LogP contribution in [0.25, 0.3) is 0 Å². The van der Waals surface area contributed by atoms with E-state index in [1.54, 1.807) is 0 Å². The number of nitrogens with zero attached hydrogens (tertiary/aromatic N) is 2. The van der Waals surface area contributed by atoms with Crippen LogP contribution in [-0.4, -0.2) is 34.3 Å². The molecular weight excluding hydrogens is 273 g/mol. The molecule has 1 fully saturated rings. The number of aliphatic hydroxyl groups is 1. The minimum absolute atomic E-state index is 0.0528. The lowest BCUT2D eigenvalue weighted by atomic mass is 10.0. The molecule has 1 aromatic rings. The molecule has 0 spiro atoms. The van der Waals surface area contributed by atoms with Crippen LogP contribution in [0.1, 0.15) is 31.4 Å². The largest absolute Gasteiger partial charge is 0.433 e. The fourth-order valence-electron chi connectivity index (χ4n) is 2.26. The first-order chi connectivity index (χ1) is 9.32. The highest BCUT2D eigenvalue weighted by Crippen LogP contribution is 2.31. The third-order valence-electron chi connectivity index (χ3n) is 3.37. The van der Waals surface area contributed by atoms with E-state index < -0.39 is 17.5 Å². The number of nitrogens with one attached hydrogen (secondary N) is 2. The van der Waals surface area contributed by atoms with E-state index in [9.17, 15) is 18.3 Å². The summed E-state index contributed by atoms with van der Waals surface area (Å²) >= 11 is 0. The average Bonchev–Trinajstić information content (AvgIpc) is 2.82. The van der Waals surface area contributed by atoms with Gasteiger partial charge in [-0.25, -0.2) is 4.98 Å². The van der Waals surface area contributed by atoms with E-state index in [-0.39, 0.29) is 18.3 Å². The molecule has 8 heteroatoms. The Morgan fingerprint density at radius 2 is 1.95 bits per heavy atom. The normalized spacial score (nSPS) is 18.1. The number of hydrogen-bond acceptors (Lipinski definition) is 5. The van der Waals surface area contributed by atoms with Crippen LogP contribution in [0, 0.1) is 0 Å². The molecule has 1 heterocycles. The van der Waals surface area contributed by atoms with Gasteiger partial charge in [0.25, 0.3) is 0 Å². The van der Waals surface area contributed by atoms with E-state index in [4.69, 9.17) is 0 Å². The van der Waals surface area contributed by atoms with Crippen LogP contribution in [0.4, 0.5) is 24.9 Å². The number of alkyl halides is 3. The molecule has 5 nitrogen and oxygen atoms in total. The van der Waals surface area contributed by atoms with Crippen molar-refractivity contribution in [3.8, 4) is 0 Å². The van der Waals surface area contributed by atoms with Crippen molar-refractivity contribution in [3.05, 3.63) is 11.8 Å². The fourth-order valence-corrected chi connectivity index (χ4v) is 2.26. The van der Waals surface area contributed by atoms with Gasteiger partial charge in [0.1, 0.15) is 5.82 Å². The lowest BCUT2D eigenvalue weighted by molar-refractivity contribution is -0.141. The van der Waals surface area contributed by atoms with E-state index in [0.29, 0.717) is 12.8 Å². The minimum Gasteiger partial charge on any atom is -0.388 e. The molecule has 0 aliphatic heterocycles. The molecule has 3 N–H and O–H groups in total. The van der Waals surface area contributed by atoms with Gasteiger partial charge in [0.2, 0.25) is 5.95 Å². The Balaban J connectivity index is 2.14. The van der Waals surface area contributed by atoms with E-state index >= 15 is 0 Å². The molecule has 0 aromatic carbocycles. The molecule has 0 bridgehead atoms. The van der Waals surface area contributed by atoms with Gasteiger partial charge in [0.05, 0.1) is 5.60 Å². The highest BCUT2D eigenvalue weighted by molar-refractivity contribution is 5.43. The first-order valence-electron chi connectivity index (χ1n) is 6.43. The molecule has 112 valence electrons. The number of rotatable bonds is 4. The fraction of sp³-hybridized carbons (Fsp3) is 0.667. The van der Waals surface area contributed by atoms with Crippen LogP contribution in [0.5, 0.6) is 0 Å². The lowest BCUT2D eigenvalue weighted by Crippen LogP contribution is -2.33. The van der Waals surface area contributed by atoms with Crippen LogP contribution >= 0.6 is 0 Å². The Bertz CT molecular complexity index is 472. The quantitative estimate of drug-likeness (QED) is 0.793. The predicted octanol–water partition coefficient (Wildman–Crippen LogP) is 2.25. The van der Waals surface area contributed by atoms with Gasteiger partial charge in [-0.3, -0.25) is 0 Å². The number of anilines is 2. The molecule has 0 saturated heterocycles. The van der Waals surface area contributed by atoms with Crippen LogP contribution in [-0.2, 0) is 6.18 Å². The van der Waals surface area contributed by atoms with Crippen molar-refractivity contribution in [1.29, 1.82) is 0 Å². The lowest BCUT2D eigenvalue weighted by Gasteiger charge is -2.23. The van der Waals surface area contributed by atoms with Crippen LogP contribution in [0.2, 0.25) is 0 Å². The molecule has 1 saturated carbocycles. The van der Waals surface area contributed by atoms with Crippen molar-refractivity contribution in [2.45, 2.75) is 37.5 Å². The molecule has 0 amide bonds. The molecule has 0 atom stereocenters. The maximum absolute atomic E-state index is 12.7. The molecule has 0 unspecified atom stereocenters. The predicted molar refractivity (Wildman–Crippen MR) is 68.5 cm³/mol. The van der Waals surface area contributed by atoms with Crippen molar-refractivity contribution in [2.75, 3.05) is 24.2 Å². The molecule has 2 rings (SSSR count). The molecule has 1 aliphatic carbocycles. The van der Waals surface area contributed by atoms with Crippen LogP contribution < -0.4 is 10.6 Å². The number of halogens is 3. The van der Waals surface area contributed by atoms with Crippen LogP contribution in [0.15, 0.2) is 6.07 Å². The summed E-state index contributed by atoms with van der Waals surface area (Å²) in [5.41, 5.74) is -1.87. The van der Waals surface area contributed by atoms with Crippen LogP contribution in [0.3, 0.4) is 0 Å². The Hall–Kier alpha value is -1.57. The Morgan fingerprint density at radius 3 is 2.50 bits per heavy atom. The second-order valence-corrected chi connectivity index (χ2v) is 4.99. The topological polar surface area (TPSA) is 70.1 Å². The first kappa shape index (κ1) is 14.8. The smallest absolute Gasteiger partial charge is 0.388 e. The van der Waals surface area contributed by atoms with Gasteiger partial charge < -0.3 is 15.7 Å². The molecule has 0 radical (unpaired) electrons. The van der Waals surface area contributed by atoms with Crippen molar-refractivity contribution < 1.29 is 18.3 Å². The molecule has 20 heavy (non-hydrogen) atoms. The van der Waals surface area contributed by atoms with E-state index in [1.807, 2.05) is 0 Å². The first-order valence-corrected chi connectivity index (χ1v) is 6.43. The average molecular weight is 290 g/mol. The number of hydrogen-bond donors (Lipinski definition) is 3. The van der Waals surface area contributed by atoms with Gasteiger partial charge in [-0.15, -0.1) is 0 Å². The summed E-state index contributed by atoms with van der Waals surface area (Å²) in [5, 5.41) is 15.4. The summed E-state index contributed by atoms with van der Waals surface area (Å²) in [6.45, 7) is 0.185. The zero-order valence-corrected chi connectivity index (χ0v) is 11.1. The van der Waals surface area contributed by atoms with Gasteiger partial charge in [0.15, 0.2) is 5.69 Å². The maximum atomic E-state index is 12.7. The van der Waals surface area contributed by atoms with E-state index in [2.05, 4.69) is 20.6 Å².